The highest BCUT2D eigenvalue weighted by Gasteiger charge is 2.36. The number of furan rings is 1. The first kappa shape index (κ1) is 16.7. The van der Waals surface area contributed by atoms with E-state index in [1.165, 1.54) is 6.08 Å². The van der Waals surface area contributed by atoms with Crippen molar-refractivity contribution in [2.24, 2.45) is 0 Å². The molecular weight excluding hydrogens is 371 g/mol. The molecule has 0 radical (unpaired) electrons. The summed E-state index contributed by atoms with van der Waals surface area (Å²) in [6.45, 7) is 1.76. The van der Waals surface area contributed by atoms with E-state index in [0.29, 0.717) is 11.5 Å². The fourth-order valence-corrected chi connectivity index (χ4v) is 3.07. The molecule has 1 aliphatic rings. The number of para-hydroxylation sites is 1. The third-order valence-electron chi connectivity index (χ3n) is 3.31. The number of carbonyl (C=O) groups excluding carboxylic acids is 2. The third kappa shape index (κ3) is 2.96. The van der Waals surface area contributed by atoms with Crippen LogP contribution in [-0.4, -0.2) is 16.9 Å². The second-order valence-corrected chi connectivity index (χ2v) is 6.18. The number of amides is 2. The minimum atomic E-state index is -0.632. The number of anilines is 1. The molecule has 122 valence electrons. The summed E-state index contributed by atoms with van der Waals surface area (Å²) in [5.74, 6) is -0.206. The highest BCUT2D eigenvalue weighted by Crippen LogP contribution is 2.35. The van der Waals surface area contributed by atoms with Crippen molar-refractivity contribution >= 4 is 64.1 Å². The summed E-state index contributed by atoms with van der Waals surface area (Å²) < 4.78 is 5.39. The lowest BCUT2D eigenvalue weighted by molar-refractivity contribution is -0.122. The summed E-state index contributed by atoms with van der Waals surface area (Å²) >= 11 is 17.4. The van der Waals surface area contributed by atoms with Crippen molar-refractivity contribution in [1.29, 1.82) is 0 Å². The maximum absolute atomic E-state index is 12.8. The van der Waals surface area contributed by atoms with Gasteiger partial charge in [0.05, 0.1) is 15.7 Å². The Morgan fingerprint density at radius 3 is 2.42 bits per heavy atom. The summed E-state index contributed by atoms with van der Waals surface area (Å²) in [5, 5.41) is 2.85. The van der Waals surface area contributed by atoms with Crippen molar-refractivity contribution in [3.8, 4) is 0 Å². The fourth-order valence-electron chi connectivity index (χ4n) is 2.24. The average Bonchev–Trinajstić information content (AvgIpc) is 2.91. The van der Waals surface area contributed by atoms with E-state index in [4.69, 9.17) is 39.8 Å². The van der Waals surface area contributed by atoms with Gasteiger partial charge in [-0.2, -0.15) is 0 Å². The normalized spacial score (nSPS) is 16.7. The van der Waals surface area contributed by atoms with Gasteiger partial charge in [-0.15, -0.1) is 0 Å². The minimum Gasteiger partial charge on any atom is -0.462 e. The molecule has 2 heterocycles. The average molecular weight is 381 g/mol. The molecule has 2 aromatic rings. The molecule has 0 bridgehead atoms. The molecule has 0 unspecified atom stereocenters. The van der Waals surface area contributed by atoms with Gasteiger partial charge < -0.3 is 4.42 Å². The second kappa shape index (κ2) is 6.39. The Hall–Kier alpha value is -2.15. The summed E-state index contributed by atoms with van der Waals surface area (Å²) in [4.78, 5) is 26.1. The molecular formula is C16H10Cl2N2O3S. The Bertz CT molecular complexity index is 884. The number of carbonyl (C=O) groups is 2. The smallest absolute Gasteiger partial charge is 0.270 e. The number of rotatable bonds is 2. The Kier molecular flexibility index (Phi) is 4.45. The number of thiocarbonyl (C=S) groups is 1. The molecule has 1 N–H and O–H groups in total. The fraction of sp³-hybridized carbons (Fsp3) is 0.0625. The predicted octanol–water partition coefficient (Wildman–Crippen LogP) is 3.73. The predicted molar refractivity (Wildman–Crippen MR) is 96.1 cm³/mol. The molecule has 1 saturated heterocycles. The van der Waals surface area contributed by atoms with Gasteiger partial charge in [0.1, 0.15) is 17.1 Å². The molecule has 3 rings (SSSR count). The van der Waals surface area contributed by atoms with Gasteiger partial charge in [-0.3, -0.25) is 14.9 Å². The summed E-state index contributed by atoms with van der Waals surface area (Å²) in [5.41, 5.74) is 0.0892. The van der Waals surface area contributed by atoms with Crippen LogP contribution in [-0.2, 0) is 9.59 Å². The maximum atomic E-state index is 12.8. The van der Waals surface area contributed by atoms with Gasteiger partial charge in [0.15, 0.2) is 5.11 Å². The first-order chi connectivity index (χ1) is 11.4. The van der Waals surface area contributed by atoms with Crippen molar-refractivity contribution < 1.29 is 14.0 Å². The summed E-state index contributed by atoms with van der Waals surface area (Å²) in [6.07, 6.45) is 1.35. The van der Waals surface area contributed by atoms with E-state index in [1.54, 1.807) is 37.3 Å². The van der Waals surface area contributed by atoms with Gasteiger partial charge in [-0.25, -0.2) is 4.90 Å². The number of halogens is 2. The first-order valence-electron chi connectivity index (χ1n) is 6.80. The van der Waals surface area contributed by atoms with Crippen LogP contribution in [0.5, 0.6) is 0 Å². The first-order valence-corrected chi connectivity index (χ1v) is 7.97. The Morgan fingerprint density at radius 1 is 1.17 bits per heavy atom. The molecule has 0 saturated carbocycles. The van der Waals surface area contributed by atoms with Crippen LogP contribution in [0.25, 0.3) is 6.08 Å². The van der Waals surface area contributed by atoms with Crippen LogP contribution in [0.4, 0.5) is 5.69 Å². The Labute approximate surface area is 152 Å². The Morgan fingerprint density at radius 2 is 1.83 bits per heavy atom. The van der Waals surface area contributed by atoms with Crippen molar-refractivity contribution in [2.75, 3.05) is 4.90 Å². The summed E-state index contributed by atoms with van der Waals surface area (Å²) in [6, 6.07) is 8.18. The number of benzene rings is 1. The molecule has 1 aliphatic heterocycles. The number of hydrogen-bond donors (Lipinski definition) is 1. The highest BCUT2D eigenvalue weighted by atomic mass is 35.5. The Balaban J connectivity index is 2.08. The van der Waals surface area contributed by atoms with Gasteiger partial charge in [-0.05, 0) is 49.5 Å². The highest BCUT2D eigenvalue weighted by molar-refractivity contribution is 7.80. The number of hydrogen-bond acceptors (Lipinski definition) is 4. The number of nitrogens with zero attached hydrogens (tertiary/aromatic N) is 1. The zero-order valence-corrected chi connectivity index (χ0v) is 14.6. The molecule has 0 aliphatic carbocycles. The second-order valence-electron chi connectivity index (χ2n) is 4.98. The lowest BCUT2D eigenvalue weighted by Crippen LogP contribution is -2.54. The zero-order valence-electron chi connectivity index (χ0n) is 12.3. The van der Waals surface area contributed by atoms with Crippen molar-refractivity contribution in [1.82, 2.24) is 5.32 Å². The molecule has 0 spiro atoms. The molecule has 1 aromatic heterocycles. The van der Waals surface area contributed by atoms with E-state index < -0.39 is 11.8 Å². The standard InChI is InChI=1S/C16H10Cl2N2O3S/c1-8-5-6-9(23-8)7-10-14(21)19-16(24)20(15(10)22)13-11(17)3-2-4-12(13)18/h2-7H,1H3,(H,19,21,24)/b10-7+. The molecule has 8 heteroatoms. The lowest BCUT2D eigenvalue weighted by Gasteiger charge is -2.30. The summed E-state index contributed by atoms with van der Waals surface area (Å²) in [7, 11) is 0. The molecule has 0 atom stereocenters. The lowest BCUT2D eigenvalue weighted by atomic mass is 10.1. The van der Waals surface area contributed by atoms with Crippen molar-refractivity contribution in [2.45, 2.75) is 6.92 Å². The maximum Gasteiger partial charge on any atom is 0.270 e. The van der Waals surface area contributed by atoms with Gasteiger partial charge in [-0.1, -0.05) is 29.3 Å². The zero-order chi connectivity index (χ0) is 17.4. The molecule has 1 fully saturated rings. The monoisotopic (exact) mass is 380 g/mol. The van der Waals surface area contributed by atoms with Crippen molar-refractivity contribution in [3.63, 3.8) is 0 Å². The van der Waals surface area contributed by atoms with Crippen LogP contribution in [0.15, 0.2) is 40.3 Å². The van der Waals surface area contributed by atoms with Crippen LogP contribution in [0.1, 0.15) is 11.5 Å². The molecule has 2 amide bonds. The molecule has 5 nitrogen and oxygen atoms in total. The van der Waals surface area contributed by atoms with E-state index in [9.17, 15) is 9.59 Å². The largest absolute Gasteiger partial charge is 0.462 e. The van der Waals surface area contributed by atoms with Crippen LogP contribution in [0, 0.1) is 6.92 Å². The molecule has 24 heavy (non-hydrogen) atoms. The van der Waals surface area contributed by atoms with Gasteiger partial charge >= 0.3 is 0 Å². The van der Waals surface area contributed by atoms with E-state index in [-0.39, 0.29) is 26.4 Å². The SMILES string of the molecule is Cc1ccc(/C=C2\C(=O)NC(=S)N(c3c(Cl)cccc3Cl)C2=O)o1. The third-order valence-corrected chi connectivity index (χ3v) is 4.21. The number of nitrogens with one attached hydrogen (secondary N) is 1. The minimum absolute atomic E-state index is 0.0900. The van der Waals surface area contributed by atoms with E-state index >= 15 is 0 Å². The van der Waals surface area contributed by atoms with Gasteiger partial charge in [0, 0.05) is 0 Å². The van der Waals surface area contributed by atoms with Crippen LogP contribution in [0.2, 0.25) is 10.0 Å². The van der Waals surface area contributed by atoms with Crippen molar-refractivity contribution in [3.05, 3.63) is 57.5 Å². The molecule has 1 aromatic carbocycles. The van der Waals surface area contributed by atoms with E-state index in [2.05, 4.69) is 5.32 Å². The van der Waals surface area contributed by atoms with Crippen LogP contribution < -0.4 is 10.2 Å². The van der Waals surface area contributed by atoms with Crippen LogP contribution >= 0.6 is 35.4 Å². The van der Waals surface area contributed by atoms with Crippen LogP contribution in [0.3, 0.4) is 0 Å². The van der Waals surface area contributed by atoms with Gasteiger partial charge in [0.2, 0.25) is 0 Å². The van der Waals surface area contributed by atoms with E-state index in [1.807, 2.05) is 0 Å². The van der Waals surface area contributed by atoms with Gasteiger partial charge in [0.25, 0.3) is 11.8 Å². The topological polar surface area (TPSA) is 62.6 Å². The number of aryl methyl sites for hydroxylation is 1. The van der Waals surface area contributed by atoms with E-state index in [0.717, 1.165) is 4.90 Å². The quantitative estimate of drug-likeness (QED) is 0.489.